The van der Waals surface area contributed by atoms with Crippen LogP contribution in [0.4, 0.5) is 10.5 Å². The fraction of sp³-hybridized carbons (Fsp3) is 0.182. The molecule has 2 amide bonds. The molecule has 2 aromatic heterocycles. The van der Waals surface area contributed by atoms with E-state index in [1.807, 2.05) is 11.4 Å². The Morgan fingerprint density at radius 1 is 1.50 bits per heavy atom. The average molecular weight is 359 g/mol. The summed E-state index contributed by atoms with van der Waals surface area (Å²) in [5.74, 6) is -0.993. The number of amides is 2. The highest BCUT2D eigenvalue weighted by Gasteiger charge is 2.06. The topological polar surface area (TPSA) is 96.2 Å². The first kappa shape index (κ1) is 14.5. The molecule has 0 bridgehead atoms. The molecular weight excluding hydrogens is 348 g/mol. The minimum absolute atomic E-state index is 0.244. The lowest BCUT2D eigenvalue weighted by Crippen LogP contribution is -2.27. The number of halogens is 1. The van der Waals surface area contributed by atoms with Crippen molar-refractivity contribution in [3.63, 3.8) is 0 Å². The minimum Gasteiger partial charge on any atom is -0.480 e. The van der Waals surface area contributed by atoms with Gasteiger partial charge in [0.05, 0.1) is 18.4 Å². The maximum Gasteiger partial charge on any atom is 0.325 e. The molecule has 106 valence electrons. The second-order valence-electron chi connectivity index (χ2n) is 3.86. The molecule has 0 spiro atoms. The number of hydrogen-bond acceptors (Lipinski definition) is 4. The van der Waals surface area contributed by atoms with E-state index < -0.39 is 5.97 Å². The van der Waals surface area contributed by atoms with Gasteiger partial charge in [-0.15, -0.1) is 11.3 Å². The van der Waals surface area contributed by atoms with E-state index in [-0.39, 0.29) is 12.6 Å². The van der Waals surface area contributed by atoms with Crippen LogP contribution in [0.25, 0.3) is 0 Å². The third kappa shape index (κ3) is 4.35. The first-order valence-electron chi connectivity index (χ1n) is 5.55. The number of urea groups is 1. The van der Waals surface area contributed by atoms with Gasteiger partial charge in [0.15, 0.2) is 0 Å². The van der Waals surface area contributed by atoms with E-state index in [0.29, 0.717) is 12.2 Å². The molecule has 9 heteroatoms. The largest absolute Gasteiger partial charge is 0.480 e. The summed E-state index contributed by atoms with van der Waals surface area (Å²) in [5.41, 5.74) is 0.441. The Hall–Kier alpha value is -1.87. The standard InChI is InChI=1S/C11H11BrN4O3S/c12-7-1-9(20-6-7)3-13-11(19)15-8-2-14-16(4-8)5-10(17)18/h1-2,4,6H,3,5H2,(H,17,18)(H2,13,15,19). The number of nitrogens with zero attached hydrogens (tertiary/aromatic N) is 2. The number of carboxylic acid groups (broad SMARTS) is 1. The van der Waals surface area contributed by atoms with Gasteiger partial charge in [-0.2, -0.15) is 5.10 Å². The number of nitrogens with one attached hydrogen (secondary N) is 2. The van der Waals surface area contributed by atoms with Gasteiger partial charge in [0.2, 0.25) is 0 Å². The molecule has 2 heterocycles. The average Bonchev–Trinajstić information content (AvgIpc) is 2.95. The van der Waals surface area contributed by atoms with E-state index in [2.05, 4.69) is 31.7 Å². The molecular formula is C11H11BrN4O3S. The van der Waals surface area contributed by atoms with E-state index in [9.17, 15) is 9.59 Å². The van der Waals surface area contributed by atoms with Crippen molar-refractivity contribution in [1.29, 1.82) is 0 Å². The van der Waals surface area contributed by atoms with Crippen LogP contribution in [0, 0.1) is 0 Å². The van der Waals surface area contributed by atoms with Gasteiger partial charge < -0.3 is 15.7 Å². The van der Waals surface area contributed by atoms with Gasteiger partial charge >= 0.3 is 12.0 Å². The van der Waals surface area contributed by atoms with Gasteiger partial charge in [-0.1, -0.05) is 0 Å². The summed E-state index contributed by atoms with van der Waals surface area (Å²) >= 11 is 4.88. The molecule has 0 saturated carbocycles. The Morgan fingerprint density at radius 3 is 2.95 bits per heavy atom. The van der Waals surface area contributed by atoms with Gasteiger partial charge in [0, 0.05) is 20.9 Å². The number of hydrogen-bond donors (Lipinski definition) is 3. The van der Waals surface area contributed by atoms with Gasteiger partial charge in [0.25, 0.3) is 0 Å². The Balaban J connectivity index is 1.82. The van der Waals surface area contributed by atoms with Crippen LogP contribution in [0.2, 0.25) is 0 Å². The Morgan fingerprint density at radius 2 is 2.30 bits per heavy atom. The Kier molecular flexibility index (Phi) is 4.74. The summed E-state index contributed by atoms with van der Waals surface area (Å²) in [7, 11) is 0. The van der Waals surface area contributed by atoms with Gasteiger partial charge in [-0.25, -0.2) is 4.79 Å². The monoisotopic (exact) mass is 358 g/mol. The van der Waals surface area contributed by atoms with Crippen LogP contribution in [0.15, 0.2) is 28.3 Å². The van der Waals surface area contributed by atoms with Crippen LogP contribution in [-0.2, 0) is 17.9 Å². The third-order valence-corrected chi connectivity index (χ3v) is 3.93. The van der Waals surface area contributed by atoms with Crippen molar-refractivity contribution >= 4 is 45.0 Å². The molecule has 0 aliphatic heterocycles. The van der Waals surface area contributed by atoms with Crippen molar-refractivity contribution in [2.45, 2.75) is 13.1 Å². The molecule has 20 heavy (non-hydrogen) atoms. The highest BCUT2D eigenvalue weighted by molar-refractivity contribution is 9.10. The predicted molar refractivity (Wildman–Crippen MR) is 77.7 cm³/mol. The summed E-state index contributed by atoms with van der Waals surface area (Å²) in [6, 6.07) is 1.56. The molecule has 2 aromatic rings. The summed E-state index contributed by atoms with van der Waals surface area (Å²) in [4.78, 5) is 23.2. The lowest BCUT2D eigenvalue weighted by molar-refractivity contribution is -0.137. The normalized spacial score (nSPS) is 10.2. The second-order valence-corrected chi connectivity index (χ2v) is 5.77. The Labute approximate surface area is 126 Å². The third-order valence-electron chi connectivity index (χ3n) is 2.23. The van der Waals surface area contributed by atoms with Crippen LogP contribution in [-0.4, -0.2) is 26.9 Å². The van der Waals surface area contributed by atoms with Crippen molar-refractivity contribution in [3.05, 3.63) is 33.2 Å². The zero-order chi connectivity index (χ0) is 14.5. The number of aromatic nitrogens is 2. The predicted octanol–water partition coefficient (Wildman–Crippen LogP) is 2.11. The molecule has 0 aliphatic rings. The number of carboxylic acids is 1. The van der Waals surface area contributed by atoms with E-state index in [1.54, 1.807) is 0 Å². The molecule has 0 radical (unpaired) electrons. The number of thiophene rings is 1. The maximum absolute atomic E-state index is 11.6. The van der Waals surface area contributed by atoms with Crippen LogP contribution in [0.1, 0.15) is 4.88 Å². The molecule has 0 saturated heterocycles. The molecule has 3 N–H and O–H groups in total. The van der Waals surface area contributed by atoms with Crippen LogP contribution in [0.5, 0.6) is 0 Å². The molecule has 0 fully saturated rings. The highest BCUT2D eigenvalue weighted by atomic mass is 79.9. The Bertz CT molecular complexity index is 625. The van der Waals surface area contributed by atoms with Crippen LogP contribution in [0.3, 0.4) is 0 Å². The number of rotatable bonds is 5. The van der Waals surface area contributed by atoms with Crippen molar-refractivity contribution in [1.82, 2.24) is 15.1 Å². The zero-order valence-corrected chi connectivity index (χ0v) is 12.6. The summed E-state index contributed by atoms with van der Waals surface area (Å²) in [6.45, 7) is 0.178. The highest BCUT2D eigenvalue weighted by Crippen LogP contribution is 2.19. The quantitative estimate of drug-likeness (QED) is 0.762. The lowest BCUT2D eigenvalue weighted by Gasteiger charge is -2.04. The first-order valence-corrected chi connectivity index (χ1v) is 7.22. The SMILES string of the molecule is O=C(O)Cn1cc(NC(=O)NCc2cc(Br)cs2)cn1. The van der Waals surface area contributed by atoms with Crippen molar-refractivity contribution in [2.24, 2.45) is 0 Å². The van der Waals surface area contributed by atoms with E-state index in [1.165, 1.54) is 28.4 Å². The molecule has 0 aliphatic carbocycles. The van der Waals surface area contributed by atoms with E-state index in [0.717, 1.165) is 9.35 Å². The zero-order valence-electron chi connectivity index (χ0n) is 10.2. The van der Waals surface area contributed by atoms with Crippen molar-refractivity contribution < 1.29 is 14.7 Å². The van der Waals surface area contributed by atoms with E-state index >= 15 is 0 Å². The number of carbonyl (C=O) groups is 2. The molecule has 0 atom stereocenters. The van der Waals surface area contributed by atoms with Crippen molar-refractivity contribution in [3.8, 4) is 0 Å². The number of aliphatic carboxylic acids is 1. The summed E-state index contributed by atoms with van der Waals surface area (Å²) in [6.07, 6.45) is 2.85. The molecule has 7 nitrogen and oxygen atoms in total. The van der Waals surface area contributed by atoms with Crippen LogP contribution < -0.4 is 10.6 Å². The molecule has 0 aromatic carbocycles. The maximum atomic E-state index is 11.6. The van der Waals surface area contributed by atoms with Gasteiger partial charge in [-0.05, 0) is 22.0 Å². The molecule has 2 rings (SSSR count). The summed E-state index contributed by atoms with van der Waals surface area (Å²) in [5, 5.41) is 19.6. The molecule has 0 unspecified atom stereocenters. The smallest absolute Gasteiger partial charge is 0.325 e. The second kappa shape index (κ2) is 6.53. The summed E-state index contributed by atoms with van der Waals surface area (Å²) < 4.78 is 2.21. The van der Waals surface area contributed by atoms with Gasteiger partial charge in [0.1, 0.15) is 6.54 Å². The fourth-order valence-electron chi connectivity index (χ4n) is 1.44. The number of anilines is 1. The van der Waals surface area contributed by atoms with Crippen molar-refractivity contribution in [2.75, 3.05) is 5.32 Å². The van der Waals surface area contributed by atoms with E-state index in [4.69, 9.17) is 5.11 Å². The lowest BCUT2D eigenvalue weighted by atomic mass is 10.4. The number of carbonyl (C=O) groups excluding carboxylic acids is 1. The van der Waals surface area contributed by atoms with Gasteiger partial charge in [-0.3, -0.25) is 9.48 Å². The minimum atomic E-state index is -0.993. The fourth-order valence-corrected chi connectivity index (χ4v) is 2.83. The first-order chi connectivity index (χ1) is 9.52. The van der Waals surface area contributed by atoms with Crippen LogP contribution >= 0.6 is 27.3 Å².